The van der Waals surface area contributed by atoms with Crippen LogP contribution < -0.4 is 4.74 Å². The highest BCUT2D eigenvalue weighted by atomic mass is 16.5. The minimum absolute atomic E-state index is 0.0621. The van der Waals surface area contributed by atoms with Gasteiger partial charge in [0.25, 0.3) is 0 Å². The third-order valence-corrected chi connectivity index (χ3v) is 1.90. The van der Waals surface area contributed by atoms with E-state index >= 15 is 0 Å². The number of hydrogen-bond acceptors (Lipinski definition) is 2. The van der Waals surface area contributed by atoms with E-state index in [4.69, 9.17) is 10.00 Å². The van der Waals surface area contributed by atoms with Crippen molar-refractivity contribution in [1.29, 1.82) is 5.26 Å². The molecule has 0 aromatic heterocycles. The van der Waals surface area contributed by atoms with Crippen LogP contribution in [0, 0.1) is 17.2 Å². The first kappa shape index (κ1) is 9.60. The van der Waals surface area contributed by atoms with Crippen molar-refractivity contribution in [3.63, 3.8) is 0 Å². The Morgan fingerprint density at radius 1 is 1.54 bits per heavy atom. The maximum absolute atomic E-state index is 8.64. The smallest absolute Gasteiger partial charge is 0.119 e. The highest BCUT2D eigenvalue weighted by Crippen LogP contribution is 2.15. The maximum Gasteiger partial charge on any atom is 0.119 e. The molecule has 0 aliphatic heterocycles. The van der Waals surface area contributed by atoms with Crippen LogP contribution >= 0.6 is 0 Å². The summed E-state index contributed by atoms with van der Waals surface area (Å²) in [6.07, 6.45) is 0.785. The third kappa shape index (κ3) is 2.79. The molecule has 1 aromatic carbocycles. The number of ether oxygens (including phenoxy) is 1. The van der Waals surface area contributed by atoms with Gasteiger partial charge in [-0.05, 0) is 31.0 Å². The minimum atomic E-state index is 0.0621. The van der Waals surface area contributed by atoms with Crippen molar-refractivity contribution in [3.8, 4) is 11.8 Å². The summed E-state index contributed by atoms with van der Waals surface area (Å²) in [6.45, 7) is 1.92. The van der Waals surface area contributed by atoms with Crippen LogP contribution in [0.25, 0.3) is 0 Å². The van der Waals surface area contributed by atoms with Crippen LogP contribution in [0.15, 0.2) is 24.3 Å². The van der Waals surface area contributed by atoms with Crippen molar-refractivity contribution in [1.82, 2.24) is 0 Å². The molecule has 1 aromatic rings. The number of benzene rings is 1. The summed E-state index contributed by atoms with van der Waals surface area (Å²) in [5, 5.41) is 8.64. The van der Waals surface area contributed by atoms with E-state index in [2.05, 4.69) is 6.07 Å². The zero-order valence-electron chi connectivity index (χ0n) is 7.95. The van der Waals surface area contributed by atoms with Gasteiger partial charge in [0.2, 0.25) is 0 Å². The Morgan fingerprint density at radius 2 is 2.31 bits per heavy atom. The van der Waals surface area contributed by atoms with Crippen LogP contribution in [-0.4, -0.2) is 7.11 Å². The lowest BCUT2D eigenvalue weighted by Crippen LogP contribution is -1.96. The van der Waals surface area contributed by atoms with E-state index < -0.39 is 0 Å². The van der Waals surface area contributed by atoms with Crippen LogP contribution in [0.3, 0.4) is 0 Å². The van der Waals surface area contributed by atoms with E-state index in [-0.39, 0.29) is 5.92 Å². The zero-order chi connectivity index (χ0) is 9.68. The summed E-state index contributed by atoms with van der Waals surface area (Å²) >= 11 is 0. The van der Waals surface area contributed by atoms with Gasteiger partial charge in [0.15, 0.2) is 0 Å². The molecule has 0 saturated carbocycles. The Balaban J connectivity index is 2.73. The number of nitriles is 1. The molecule has 0 radical (unpaired) electrons. The summed E-state index contributed by atoms with van der Waals surface area (Å²) < 4.78 is 5.09. The van der Waals surface area contributed by atoms with Crippen molar-refractivity contribution in [2.24, 2.45) is 5.92 Å². The molecule has 0 aliphatic carbocycles. The molecule has 1 unspecified atom stereocenters. The molecule has 1 atom stereocenters. The second-order valence-electron chi connectivity index (χ2n) is 3.09. The van der Waals surface area contributed by atoms with Crippen LogP contribution in [0.5, 0.6) is 5.75 Å². The van der Waals surface area contributed by atoms with Crippen molar-refractivity contribution in [2.45, 2.75) is 13.3 Å². The molecule has 0 saturated heterocycles. The fourth-order valence-electron chi connectivity index (χ4n) is 1.20. The van der Waals surface area contributed by atoms with Crippen LogP contribution in [-0.2, 0) is 6.42 Å². The highest BCUT2D eigenvalue weighted by molar-refractivity contribution is 5.28. The first-order valence-corrected chi connectivity index (χ1v) is 4.29. The zero-order valence-corrected chi connectivity index (χ0v) is 7.95. The summed E-state index contributed by atoms with van der Waals surface area (Å²) in [7, 11) is 1.65. The first-order chi connectivity index (χ1) is 6.26. The van der Waals surface area contributed by atoms with Crippen molar-refractivity contribution < 1.29 is 4.74 Å². The summed E-state index contributed by atoms with van der Waals surface area (Å²) in [4.78, 5) is 0. The molecule has 0 bridgehead atoms. The normalized spacial score (nSPS) is 11.8. The average Bonchev–Trinajstić information content (AvgIpc) is 2.18. The molecule has 2 heteroatoms. The second kappa shape index (κ2) is 4.51. The van der Waals surface area contributed by atoms with Gasteiger partial charge in [-0.1, -0.05) is 12.1 Å². The van der Waals surface area contributed by atoms with Crippen LogP contribution in [0.1, 0.15) is 12.5 Å². The van der Waals surface area contributed by atoms with E-state index in [1.807, 2.05) is 31.2 Å². The summed E-state index contributed by atoms with van der Waals surface area (Å²) in [5.74, 6) is 0.912. The van der Waals surface area contributed by atoms with Gasteiger partial charge in [-0.3, -0.25) is 0 Å². The lowest BCUT2D eigenvalue weighted by molar-refractivity contribution is 0.414. The Hall–Kier alpha value is -1.49. The van der Waals surface area contributed by atoms with Crippen molar-refractivity contribution in [3.05, 3.63) is 29.8 Å². The van der Waals surface area contributed by atoms with Gasteiger partial charge < -0.3 is 4.74 Å². The molecular weight excluding hydrogens is 162 g/mol. The monoisotopic (exact) mass is 175 g/mol. The molecule has 0 spiro atoms. The second-order valence-corrected chi connectivity index (χ2v) is 3.09. The first-order valence-electron chi connectivity index (χ1n) is 4.29. The molecule has 13 heavy (non-hydrogen) atoms. The largest absolute Gasteiger partial charge is 0.497 e. The Morgan fingerprint density at radius 3 is 2.92 bits per heavy atom. The molecule has 68 valence electrons. The van der Waals surface area contributed by atoms with E-state index in [1.165, 1.54) is 0 Å². The molecule has 0 N–H and O–H groups in total. The van der Waals surface area contributed by atoms with Gasteiger partial charge in [-0.2, -0.15) is 5.26 Å². The number of rotatable bonds is 3. The van der Waals surface area contributed by atoms with Crippen molar-refractivity contribution in [2.75, 3.05) is 7.11 Å². The van der Waals surface area contributed by atoms with E-state index in [0.29, 0.717) is 0 Å². The molecular formula is C11H13NO. The number of methoxy groups -OCH3 is 1. The maximum atomic E-state index is 8.64. The van der Waals surface area contributed by atoms with Gasteiger partial charge in [0.05, 0.1) is 13.2 Å². The van der Waals surface area contributed by atoms with E-state index in [9.17, 15) is 0 Å². The summed E-state index contributed by atoms with van der Waals surface area (Å²) in [6, 6.07) is 10.0. The standard InChI is InChI=1S/C11H13NO/c1-9(8-12)6-10-4-3-5-11(7-10)13-2/h3-5,7,9H,6H2,1-2H3. The minimum Gasteiger partial charge on any atom is -0.497 e. The third-order valence-electron chi connectivity index (χ3n) is 1.90. The van der Waals surface area contributed by atoms with E-state index in [1.54, 1.807) is 7.11 Å². The molecule has 0 heterocycles. The molecule has 2 nitrogen and oxygen atoms in total. The Labute approximate surface area is 78.8 Å². The molecule has 0 fully saturated rings. The summed E-state index contributed by atoms with van der Waals surface area (Å²) in [5.41, 5.74) is 1.15. The molecule has 1 rings (SSSR count). The SMILES string of the molecule is COc1cccc(CC(C)C#N)c1. The van der Waals surface area contributed by atoms with Gasteiger partial charge in [-0.15, -0.1) is 0 Å². The topological polar surface area (TPSA) is 33.0 Å². The average molecular weight is 175 g/mol. The lowest BCUT2D eigenvalue weighted by Gasteiger charge is -2.04. The van der Waals surface area contributed by atoms with Gasteiger partial charge in [0.1, 0.15) is 5.75 Å². The van der Waals surface area contributed by atoms with Crippen LogP contribution in [0.2, 0.25) is 0 Å². The van der Waals surface area contributed by atoms with Crippen molar-refractivity contribution >= 4 is 0 Å². The Kier molecular flexibility index (Phi) is 3.33. The molecule has 0 aliphatic rings. The fraction of sp³-hybridized carbons (Fsp3) is 0.364. The van der Waals surface area contributed by atoms with Gasteiger partial charge in [-0.25, -0.2) is 0 Å². The number of hydrogen-bond donors (Lipinski definition) is 0. The van der Waals surface area contributed by atoms with Gasteiger partial charge >= 0.3 is 0 Å². The lowest BCUT2D eigenvalue weighted by atomic mass is 10.0. The Bertz CT molecular complexity index is 314. The quantitative estimate of drug-likeness (QED) is 0.706. The number of nitrogens with zero attached hydrogens (tertiary/aromatic N) is 1. The fourth-order valence-corrected chi connectivity index (χ4v) is 1.20. The van der Waals surface area contributed by atoms with E-state index in [0.717, 1.165) is 17.7 Å². The predicted molar refractivity (Wildman–Crippen MR) is 51.5 cm³/mol. The van der Waals surface area contributed by atoms with Crippen LogP contribution in [0.4, 0.5) is 0 Å². The highest BCUT2D eigenvalue weighted by Gasteiger charge is 2.02. The predicted octanol–water partition coefficient (Wildman–Crippen LogP) is 2.40. The molecule has 0 amide bonds. The van der Waals surface area contributed by atoms with Gasteiger partial charge in [0, 0.05) is 5.92 Å².